The third kappa shape index (κ3) is 9.18. The maximum atomic E-state index is 12.9. The molecule has 1 fully saturated rings. The highest BCUT2D eigenvalue weighted by Crippen LogP contribution is 2.27. The Balaban J connectivity index is 2.71. The number of carbonyl (C=O) groups is 3. The van der Waals surface area contributed by atoms with Gasteiger partial charge in [0.2, 0.25) is 11.8 Å². The van der Waals surface area contributed by atoms with Gasteiger partial charge >= 0.3 is 0 Å². The third-order valence-electron chi connectivity index (χ3n) is 5.52. The van der Waals surface area contributed by atoms with Gasteiger partial charge in [0, 0.05) is 0 Å². The summed E-state index contributed by atoms with van der Waals surface area (Å²) in [6.07, 6.45) is 8.73. The number of rotatable bonds is 12. The summed E-state index contributed by atoms with van der Waals surface area (Å²) in [5.41, 5.74) is 0. The Morgan fingerprint density at radius 2 is 1.43 bits per heavy atom. The van der Waals surface area contributed by atoms with Gasteiger partial charge in [0.1, 0.15) is 12.3 Å². The van der Waals surface area contributed by atoms with Crippen molar-refractivity contribution in [3.63, 3.8) is 0 Å². The molecule has 3 atom stereocenters. The Hall–Kier alpha value is -1.43. The fourth-order valence-corrected chi connectivity index (χ4v) is 4.02. The van der Waals surface area contributed by atoms with Gasteiger partial charge in [-0.05, 0) is 44.1 Å². The number of aldehydes is 1. The lowest BCUT2D eigenvalue weighted by Gasteiger charge is -2.27. The minimum atomic E-state index is -0.621. The normalized spacial score (nSPS) is 18.5. The number of likely N-dealkylation sites (N-methyl/N-ethyl adjacent to an activating group) is 1. The van der Waals surface area contributed by atoms with E-state index in [9.17, 15) is 14.4 Å². The zero-order chi connectivity index (χ0) is 21.1. The molecule has 1 unspecified atom stereocenters. The lowest BCUT2D eigenvalue weighted by atomic mass is 9.85. The maximum Gasteiger partial charge on any atom is 0.243 e. The molecule has 0 aromatic carbocycles. The van der Waals surface area contributed by atoms with Gasteiger partial charge in [-0.1, -0.05) is 59.8 Å². The molecule has 3 N–H and O–H groups in total. The molecule has 0 saturated heterocycles. The van der Waals surface area contributed by atoms with E-state index >= 15 is 0 Å². The average molecular weight is 396 g/mol. The average Bonchev–Trinajstić information content (AvgIpc) is 2.65. The van der Waals surface area contributed by atoms with Gasteiger partial charge < -0.3 is 20.7 Å². The van der Waals surface area contributed by atoms with Gasteiger partial charge in [-0.2, -0.15) is 0 Å². The molecule has 1 rings (SSSR count). The Labute approximate surface area is 171 Å². The van der Waals surface area contributed by atoms with Gasteiger partial charge in [0.05, 0.1) is 12.1 Å². The second kappa shape index (κ2) is 12.9. The molecule has 28 heavy (non-hydrogen) atoms. The topological polar surface area (TPSA) is 87.3 Å². The van der Waals surface area contributed by atoms with Crippen LogP contribution in [0, 0.1) is 17.8 Å². The van der Waals surface area contributed by atoms with E-state index in [2.05, 4.69) is 29.8 Å². The highest BCUT2D eigenvalue weighted by molar-refractivity contribution is 5.90. The smallest absolute Gasteiger partial charge is 0.243 e. The van der Waals surface area contributed by atoms with Gasteiger partial charge in [0.25, 0.3) is 0 Å². The van der Waals surface area contributed by atoms with Gasteiger partial charge in [-0.15, -0.1) is 0 Å². The van der Waals surface area contributed by atoms with Crippen LogP contribution in [0.4, 0.5) is 0 Å². The van der Waals surface area contributed by atoms with Crippen LogP contribution in [0.3, 0.4) is 0 Å². The maximum absolute atomic E-state index is 12.9. The highest BCUT2D eigenvalue weighted by atomic mass is 16.2. The summed E-state index contributed by atoms with van der Waals surface area (Å²) in [6.45, 7) is 8.18. The van der Waals surface area contributed by atoms with E-state index in [-0.39, 0.29) is 23.8 Å². The molecular formula is C22H41N3O3. The van der Waals surface area contributed by atoms with E-state index in [4.69, 9.17) is 0 Å². The number of nitrogens with one attached hydrogen (secondary N) is 3. The lowest BCUT2D eigenvalue weighted by molar-refractivity contribution is -0.131. The summed E-state index contributed by atoms with van der Waals surface area (Å²) in [5, 5.41) is 8.83. The van der Waals surface area contributed by atoms with Crippen LogP contribution in [0.2, 0.25) is 0 Å². The first kappa shape index (κ1) is 24.6. The van der Waals surface area contributed by atoms with Gasteiger partial charge in [0.15, 0.2) is 0 Å². The Bertz CT molecular complexity index is 487. The zero-order valence-corrected chi connectivity index (χ0v) is 18.4. The molecule has 0 heterocycles. The quantitative estimate of drug-likeness (QED) is 0.444. The zero-order valence-electron chi connectivity index (χ0n) is 18.4. The van der Waals surface area contributed by atoms with Crippen LogP contribution in [0.5, 0.6) is 0 Å². The van der Waals surface area contributed by atoms with Crippen molar-refractivity contribution in [3.8, 4) is 0 Å². The Morgan fingerprint density at radius 1 is 0.893 bits per heavy atom. The highest BCUT2D eigenvalue weighted by Gasteiger charge is 2.28. The second-order valence-corrected chi connectivity index (χ2v) is 9.15. The molecule has 0 aromatic rings. The van der Waals surface area contributed by atoms with Crippen LogP contribution in [-0.2, 0) is 14.4 Å². The van der Waals surface area contributed by atoms with E-state index in [1.54, 1.807) is 7.05 Å². The Kier molecular flexibility index (Phi) is 11.4. The number of hydrogen-bond donors (Lipinski definition) is 3. The van der Waals surface area contributed by atoms with Crippen molar-refractivity contribution in [2.24, 2.45) is 17.8 Å². The van der Waals surface area contributed by atoms with Crippen LogP contribution in [0.15, 0.2) is 0 Å². The molecule has 6 nitrogen and oxygen atoms in total. The molecule has 0 bridgehead atoms. The SMILES string of the molecule is CN[C@@H](CC(C)C)C(=O)N[C@@H](CC(C)C)C(=O)NC(C=O)CC1CCCCC1. The summed E-state index contributed by atoms with van der Waals surface area (Å²) in [7, 11) is 1.76. The van der Waals surface area contributed by atoms with Crippen molar-refractivity contribution in [2.45, 2.75) is 97.2 Å². The first-order valence-electron chi connectivity index (χ1n) is 11.0. The molecule has 1 aliphatic carbocycles. The van der Waals surface area contributed by atoms with Crippen LogP contribution in [0.1, 0.15) is 79.1 Å². The fraction of sp³-hybridized carbons (Fsp3) is 0.864. The molecule has 0 aromatic heterocycles. The van der Waals surface area contributed by atoms with Crippen molar-refractivity contribution in [1.29, 1.82) is 0 Å². The largest absolute Gasteiger partial charge is 0.345 e. The monoisotopic (exact) mass is 395 g/mol. The first-order chi connectivity index (χ1) is 13.3. The number of carbonyl (C=O) groups excluding carboxylic acids is 3. The van der Waals surface area contributed by atoms with E-state index in [1.165, 1.54) is 19.3 Å². The van der Waals surface area contributed by atoms with Gasteiger partial charge in [-0.25, -0.2) is 0 Å². The van der Waals surface area contributed by atoms with Crippen LogP contribution in [0.25, 0.3) is 0 Å². The molecule has 0 spiro atoms. The molecule has 2 amide bonds. The third-order valence-corrected chi connectivity index (χ3v) is 5.52. The minimum Gasteiger partial charge on any atom is -0.345 e. The second-order valence-electron chi connectivity index (χ2n) is 9.15. The predicted octanol–water partition coefficient (Wildman–Crippen LogP) is 2.81. The minimum absolute atomic E-state index is 0.160. The molecular weight excluding hydrogens is 354 g/mol. The van der Waals surface area contributed by atoms with Crippen molar-refractivity contribution in [1.82, 2.24) is 16.0 Å². The summed E-state index contributed by atoms with van der Waals surface area (Å²) in [6, 6.07) is -1.42. The van der Waals surface area contributed by atoms with Crippen LogP contribution < -0.4 is 16.0 Å². The number of hydrogen-bond acceptors (Lipinski definition) is 4. The van der Waals surface area contributed by atoms with E-state index < -0.39 is 12.1 Å². The predicted molar refractivity (Wildman–Crippen MR) is 113 cm³/mol. The molecule has 0 radical (unpaired) electrons. The fourth-order valence-electron chi connectivity index (χ4n) is 4.02. The van der Waals surface area contributed by atoms with E-state index in [0.717, 1.165) is 19.1 Å². The van der Waals surface area contributed by atoms with Crippen molar-refractivity contribution in [2.75, 3.05) is 7.05 Å². The standard InChI is InChI=1S/C22H41N3O3/c1-15(2)11-19(23-5)21(27)25-20(12-16(3)4)22(28)24-18(14-26)13-17-9-7-6-8-10-17/h14-20,23H,6-13H2,1-5H3,(H,24,28)(H,25,27)/t18?,19-,20-/m0/s1. The number of amides is 2. The van der Waals surface area contributed by atoms with E-state index in [0.29, 0.717) is 31.1 Å². The molecule has 0 aliphatic heterocycles. The van der Waals surface area contributed by atoms with Crippen molar-refractivity contribution in [3.05, 3.63) is 0 Å². The van der Waals surface area contributed by atoms with Gasteiger partial charge in [-0.3, -0.25) is 9.59 Å². The summed E-state index contributed by atoms with van der Waals surface area (Å²) < 4.78 is 0. The van der Waals surface area contributed by atoms with Crippen molar-refractivity contribution >= 4 is 18.1 Å². The van der Waals surface area contributed by atoms with Crippen LogP contribution in [-0.4, -0.2) is 43.3 Å². The molecule has 1 saturated carbocycles. The van der Waals surface area contributed by atoms with E-state index in [1.807, 2.05) is 13.8 Å². The molecule has 1 aliphatic rings. The molecule has 162 valence electrons. The Morgan fingerprint density at radius 3 is 1.93 bits per heavy atom. The first-order valence-corrected chi connectivity index (χ1v) is 11.0. The summed E-state index contributed by atoms with van der Waals surface area (Å²) >= 11 is 0. The summed E-state index contributed by atoms with van der Waals surface area (Å²) in [5.74, 6) is 0.709. The van der Waals surface area contributed by atoms with Crippen molar-refractivity contribution < 1.29 is 14.4 Å². The van der Waals surface area contributed by atoms with Crippen LogP contribution >= 0.6 is 0 Å². The molecule has 6 heteroatoms. The summed E-state index contributed by atoms with van der Waals surface area (Å²) in [4.78, 5) is 37.1. The lowest BCUT2D eigenvalue weighted by Crippen LogP contribution is -2.54.